The highest BCUT2D eigenvalue weighted by Crippen LogP contribution is 2.46. The van der Waals surface area contributed by atoms with Gasteiger partial charge in [0.1, 0.15) is 0 Å². The predicted octanol–water partition coefficient (Wildman–Crippen LogP) is 3.30. The van der Waals surface area contributed by atoms with Crippen LogP contribution in [0.1, 0.15) is 53.7 Å². The van der Waals surface area contributed by atoms with E-state index in [0.29, 0.717) is 16.7 Å². The highest BCUT2D eigenvalue weighted by atomic mass is 32.2. The molecule has 5 rings (SSSR count). The van der Waals surface area contributed by atoms with Gasteiger partial charge in [-0.25, -0.2) is 34.8 Å². The van der Waals surface area contributed by atoms with Crippen molar-refractivity contribution in [2.24, 2.45) is 0 Å². The molecule has 0 atom stereocenters. The maximum Gasteiger partial charge on any atom is 0.335 e. The molecule has 10 nitrogen and oxygen atoms in total. The fourth-order valence-corrected chi connectivity index (χ4v) is 10.7. The second kappa shape index (κ2) is 10.0. The number of carboxylic acid groups (broad SMARTS) is 1. The lowest BCUT2D eigenvalue weighted by atomic mass is 9.77. The van der Waals surface area contributed by atoms with Gasteiger partial charge >= 0.3 is 5.97 Å². The van der Waals surface area contributed by atoms with Crippen LogP contribution in [0, 0.1) is 6.92 Å². The Kier molecular flexibility index (Phi) is 7.18. The van der Waals surface area contributed by atoms with E-state index in [9.17, 15) is 35.2 Å². The van der Waals surface area contributed by atoms with Crippen LogP contribution in [-0.4, -0.2) is 59.8 Å². The summed E-state index contributed by atoms with van der Waals surface area (Å²) in [5.41, 5.74) is 0.760. The third-order valence-corrected chi connectivity index (χ3v) is 13.3. The number of aryl methyl sites for hydroxylation is 1. The number of sulfone groups is 1. The highest BCUT2D eigenvalue weighted by molar-refractivity contribution is 7.92. The summed E-state index contributed by atoms with van der Waals surface area (Å²) < 4.78 is 84.2. The largest absolute Gasteiger partial charge is 0.478 e. The monoisotopic (exact) mass is 618 g/mol. The number of hydrogen-bond donors (Lipinski definition) is 2. The maximum atomic E-state index is 13.6. The van der Waals surface area contributed by atoms with Crippen LogP contribution in [0.5, 0.6) is 0 Å². The van der Waals surface area contributed by atoms with E-state index in [1.165, 1.54) is 34.6 Å². The zero-order valence-electron chi connectivity index (χ0n) is 22.7. The van der Waals surface area contributed by atoms with Crippen molar-refractivity contribution >= 4 is 35.9 Å². The molecule has 13 heteroatoms. The summed E-state index contributed by atoms with van der Waals surface area (Å²) in [4.78, 5) is 11.1. The van der Waals surface area contributed by atoms with E-state index in [2.05, 4.69) is 4.72 Å². The normalized spacial score (nSPS) is 18.8. The van der Waals surface area contributed by atoms with Gasteiger partial charge in [0.25, 0.3) is 0 Å². The molecule has 0 unspecified atom stereocenters. The summed E-state index contributed by atoms with van der Waals surface area (Å²) in [5.74, 6) is -1.24. The number of carbonyl (C=O) groups is 1. The van der Waals surface area contributed by atoms with Gasteiger partial charge in [0, 0.05) is 24.5 Å². The molecule has 0 bridgehead atoms. The molecule has 2 aliphatic heterocycles. The van der Waals surface area contributed by atoms with Gasteiger partial charge < -0.3 is 5.11 Å². The molecule has 0 radical (unpaired) electrons. The number of sulfonamides is 2. The van der Waals surface area contributed by atoms with E-state index in [1.54, 1.807) is 31.2 Å². The SMILES string of the molecule is Cc1cc2c(cc1S(=O)(=O)NC1CCN(S(=O)(=O)c3cccc(C(=O)O)c3)CC1)S(=O)(=O)c1ccccc1C2(C)C. The molecule has 0 spiro atoms. The number of hydrogen-bond acceptors (Lipinski definition) is 7. The van der Waals surface area contributed by atoms with E-state index in [1.807, 2.05) is 13.8 Å². The Hall–Kier alpha value is -3.10. The second-order valence-corrected chi connectivity index (χ2v) is 16.4. The summed E-state index contributed by atoms with van der Waals surface area (Å²) in [5, 5.41) is 9.20. The standard InChI is InChI=1S/C28H30N2O8S3/c1-18-15-23-26(39(33,34)24-10-5-4-9-22(24)28(23,2)3)17-25(18)40(35,36)29-20-11-13-30(14-12-20)41(37,38)21-8-6-7-19(16-21)27(31)32/h4-10,15-17,20,29H,11-14H2,1-3H3,(H,31,32). The van der Waals surface area contributed by atoms with Crippen LogP contribution in [0.4, 0.5) is 0 Å². The first-order valence-electron chi connectivity index (χ1n) is 12.9. The third kappa shape index (κ3) is 4.99. The van der Waals surface area contributed by atoms with Crippen molar-refractivity contribution in [1.82, 2.24) is 9.03 Å². The molecule has 2 heterocycles. The van der Waals surface area contributed by atoms with Gasteiger partial charge in [-0.15, -0.1) is 0 Å². The first-order valence-corrected chi connectivity index (χ1v) is 17.3. The summed E-state index contributed by atoms with van der Waals surface area (Å²) in [6.07, 6.45) is 0.361. The minimum Gasteiger partial charge on any atom is -0.478 e. The highest BCUT2D eigenvalue weighted by Gasteiger charge is 2.42. The number of nitrogens with zero attached hydrogens (tertiary/aromatic N) is 1. The molecule has 0 aliphatic carbocycles. The Bertz CT molecular complexity index is 1890. The van der Waals surface area contributed by atoms with Crippen LogP contribution in [0.25, 0.3) is 0 Å². The topological polar surface area (TPSA) is 155 Å². The Morgan fingerprint density at radius 2 is 1.59 bits per heavy atom. The number of benzene rings is 3. The molecular formula is C28H30N2O8S3. The number of rotatable bonds is 6. The fourth-order valence-electron chi connectivity index (χ4n) is 5.59. The summed E-state index contributed by atoms with van der Waals surface area (Å²) in [6.45, 7) is 5.49. The van der Waals surface area contributed by atoms with Crippen molar-refractivity contribution in [2.75, 3.05) is 13.1 Å². The number of fused-ring (bicyclic) bond motifs is 2. The summed E-state index contributed by atoms with van der Waals surface area (Å²) >= 11 is 0. The van der Waals surface area contributed by atoms with Gasteiger partial charge in [0.05, 0.1) is 25.1 Å². The van der Waals surface area contributed by atoms with Gasteiger partial charge in [0.2, 0.25) is 29.9 Å². The van der Waals surface area contributed by atoms with Crippen LogP contribution >= 0.6 is 0 Å². The molecule has 1 fully saturated rings. The smallest absolute Gasteiger partial charge is 0.335 e. The van der Waals surface area contributed by atoms with Gasteiger partial charge in [0.15, 0.2) is 0 Å². The third-order valence-electron chi connectivity index (χ3n) is 7.87. The lowest BCUT2D eigenvalue weighted by Crippen LogP contribution is -2.46. The van der Waals surface area contributed by atoms with Gasteiger partial charge in [-0.2, -0.15) is 4.31 Å². The van der Waals surface area contributed by atoms with Gasteiger partial charge in [-0.1, -0.05) is 44.2 Å². The summed E-state index contributed by atoms with van der Waals surface area (Å²) in [6, 6.07) is 14.1. The molecule has 1 saturated heterocycles. The molecule has 218 valence electrons. The molecule has 2 N–H and O–H groups in total. The average molecular weight is 619 g/mol. The van der Waals surface area contributed by atoms with Crippen molar-refractivity contribution in [2.45, 2.75) is 64.7 Å². The van der Waals surface area contributed by atoms with Crippen LogP contribution < -0.4 is 4.72 Å². The first-order chi connectivity index (χ1) is 19.1. The zero-order valence-corrected chi connectivity index (χ0v) is 25.1. The molecular weight excluding hydrogens is 589 g/mol. The minimum atomic E-state index is -4.16. The number of piperidine rings is 1. The molecule has 3 aromatic rings. The first kappa shape index (κ1) is 29.4. The van der Waals surface area contributed by atoms with E-state index < -0.39 is 47.3 Å². The Balaban J connectivity index is 1.38. The van der Waals surface area contributed by atoms with Crippen LogP contribution in [0.3, 0.4) is 0 Å². The fraction of sp³-hybridized carbons (Fsp3) is 0.321. The van der Waals surface area contributed by atoms with Crippen molar-refractivity contribution in [3.05, 3.63) is 82.9 Å². The van der Waals surface area contributed by atoms with Crippen molar-refractivity contribution in [1.29, 1.82) is 0 Å². The Labute approximate surface area is 240 Å². The maximum absolute atomic E-state index is 13.6. The van der Waals surface area contributed by atoms with Crippen molar-refractivity contribution in [3.8, 4) is 0 Å². The average Bonchev–Trinajstić information content (AvgIpc) is 2.92. The van der Waals surface area contributed by atoms with Crippen molar-refractivity contribution in [3.63, 3.8) is 0 Å². The number of carboxylic acids is 1. The molecule has 0 amide bonds. The van der Waals surface area contributed by atoms with E-state index in [4.69, 9.17) is 0 Å². The predicted molar refractivity (Wildman–Crippen MR) is 151 cm³/mol. The number of aromatic carboxylic acids is 1. The second-order valence-electron chi connectivity index (χ2n) is 10.9. The van der Waals surface area contributed by atoms with E-state index in [0.717, 1.165) is 6.07 Å². The zero-order chi connectivity index (χ0) is 30.0. The molecule has 2 aliphatic rings. The lowest BCUT2D eigenvalue weighted by molar-refractivity contribution is 0.0696. The van der Waals surface area contributed by atoms with Crippen molar-refractivity contribution < 1.29 is 35.2 Å². The summed E-state index contributed by atoms with van der Waals surface area (Å²) in [7, 11) is -12.1. The van der Waals surface area contributed by atoms with Crippen LogP contribution in [0.15, 0.2) is 80.2 Å². The lowest BCUT2D eigenvalue weighted by Gasteiger charge is -2.35. The minimum absolute atomic E-state index is 0.0232. The Morgan fingerprint density at radius 3 is 2.24 bits per heavy atom. The molecule has 41 heavy (non-hydrogen) atoms. The molecule has 0 aromatic heterocycles. The quantitative estimate of drug-likeness (QED) is 0.427. The van der Waals surface area contributed by atoms with E-state index >= 15 is 0 Å². The van der Waals surface area contributed by atoms with Crippen LogP contribution in [-0.2, 0) is 35.3 Å². The van der Waals surface area contributed by atoms with E-state index in [-0.39, 0.29) is 51.1 Å². The Morgan fingerprint density at radius 1 is 0.927 bits per heavy atom. The van der Waals surface area contributed by atoms with Gasteiger partial charge in [-0.05, 0) is 66.8 Å². The van der Waals surface area contributed by atoms with Crippen LogP contribution in [0.2, 0.25) is 0 Å². The number of nitrogens with one attached hydrogen (secondary N) is 1. The molecule has 0 saturated carbocycles. The molecule has 3 aromatic carbocycles. The van der Waals surface area contributed by atoms with Gasteiger partial charge in [-0.3, -0.25) is 0 Å².